The van der Waals surface area contributed by atoms with Crippen molar-refractivity contribution in [2.24, 2.45) is 17.3 Å². The standard InChI is InChI=1S/C30H28O14/c1-42-18(34)9-12-11-27-23(24(36)21-14(30(27,41)44-12)6-4-8-16(21)32)22(17(33)10-19(35)43-2)28(39)25(37)13-5-3-7-15(31)20(13)26(38)29(27,28)40/h3-8,12,17,22-23,31-33,39-41H,9-11H2,1-2H3. The summed E-state index contributed by atoms with van der Waals surface area (Å²) in [6.07, 6.45) is -5.86. The van der Waals surface area contributed by atoms with Crippen LogP contribution in [0.4, 0.5) is 0 Å². The fraction of sp³-hybridized carbons (Fsp3) is 0.433. The summed E-state index contributed by atoms with van der Waals surface area (Å²) < 4.78 is 15.3. The number of benzene rings is 2. The molecular weight excluding hydrogens is 584 g/mol. The number of aliphatic hydroxyl groups excluding tert-OH is 1. The summed E-state index contributed by atoms with van der Waals surface area (Å²) in [5.41, 5.74) is -12.0. The number of hydrogen-bond donors (Lipinski definition) is 6. The zero-order chi connectivity index (χ0) is 32.1. The summed E-state index contributed by atoms with van der Waals surface area (Å²) in [4.78, 5) is 68.0. The Balaban J connectivity index is 1.75. The number of esters is 2. The van der Waals surface area contributed by atoms with E-state index >= 15 is 0 Å². The summed E-state index contributed by atoms with van der Waals surface area (Å²) in [7, 11) is 2.06. The third kappa shape index (κ3) is 3.18. The van der Waals surface area contributed by atoms with Crippen LogP contribution >= 0.6 is 0 Å². The molecule has 8 unspecified atom stereocenters. The number of phenols is 2. The monoisotopic (exact) mass is 612 g/mol. The molecule has 1 heterocycles. The van der Waals surface area contributed by atoms with Crippen LogP contribution in [0.2, 0.25) is 0 Å². The Hall–Kier alpha value is -4.21. The number of methoxy groups -OCH3 is 2. The van der Waals surface area contributed by atoms with Gasteiger partial charge in [-0.25, -0.2) is 0 Å². The Kier molecular flexibility index (Phi) is 6.37. The number of ether oxygens (including phenoxy) is 3. The Labute approximate surface area is 248 Å². The first kappa shape index (κ1) is 29.8. The quantitative estimate of drug-likeness (QED) is 0.233. The van der Waals surface area contributed by atoms with Crippen molar-refractivity contribution in [3.8, 4) is 11.5 Å². The Morgan fingerprint density at radius 3 is 2.18 bits per heavy atom. The summed E-state index contributed by atoms with van der Waals surface area (Å²) in [5, 5.41) is 71.0. The van der Waals surface area contributed by atoms with Gasteiger partial charge in [-0.15, -0.1) is 0 Å². The number of carbonyl (C=O) groups is 5. The van der Waals surface area contributed by atoms with Crippen molar-refractivity contribution in [2.75, 3.05) is 14.2 Å². The topological polar surface area (TPSA) is 234 Å². The smallest absolute Gasteiger partial charge is 0.308 e. The molecule has 0 radical (unpaired) electrons. The van der Waals surface area contributed by atoms with Gasteiger partial charge in [-0.2, -0.15) is 0 Å². The predicted molar refractivity (Wildman–Crippen MR) is 141 cm³/mol. The molecule has 1 spiro atoms. The van der Waals surface area contributed by atoms with Crippen molar-refractivity contribution < 1.29 is 68.8 Å². The fourth-order valence-electron chi connectivity index (χ4n) is 8.21. The van der Waals surface area contributed by atoms with Gasteiger partial charge in [0, 0.05) is 23.0 Å². The molecule has 14 nitrogen and oxygen atoms in total. The van der Waals surface area contributed by atoms with E-state index < -0.39 is 129 Å². The number of fused-ring (bicyclic) bond motifs is 4. The number of ketones is 3. The zero-order valence-corrected chi connectivity index (χ0v) is 23.3. The third-order valence-electron chi connectivity index (χ3n) is 9.83. The van der Waals surface area contributed by atoms with Crippen molar-refractivity contribution in [2.45, 2.75) is 48.5 Å². The molecule has 6 rings (SSSR count). The van der Waals surface area contributed by atoms with Gasteiger partial charge >= 0.3 is 11.9 Å². The lowest BCUT2D eigenvalue weighted by atomic mass is 9.51. The highest BCUT2D eigenvalue weighted by atomic mass is 16.6. The lowest BCUT2D eigenvalue weighted by molar-refractivity contribution is -0.293. The second-order valence-corrected chi connectivity index (χ2v) is 11.6. The van der Waals surface area contributed by atoms with Gasteiger partial charge in [0.05, 0.1) is 55.8 Å². The van der Waals surface area contributed by atoms with Crippen molar-refractivity contribution in [1.82, 2.24) is 0 Å². The van der Waals surface area contributed by atoms with E-state index in [-0.39, 0.29) is 0 Å². The minimum atomic E-state index is -3.53. The van der Waals surface area contributed by atoms with Gasteiger partial charge in [-0.05, 0) is 18.6 Å². The molecule has 44 heavy (non-hydrogen) atoms. The molecule has 4 aliphatic rings. The second kappa shape index (κ2) is 9.39. The van der Waals surface area contributed by atoms with Gasteiger partial charge in [-0.1, -0.05) is 24.3 Å². The van der Waals surface area contributed by atoms with Crippen LogP contribution in [-0.4, -0.2) is 97.6 Å². The molecule has 0 bridgehead atoms. The lowest BCUT2D eigenvalue weighted by Crippen LogP contribution is -2.74. The molecule has 14 heteroatoms. The van der Waals surface area contributed by atoms with Gasteiger partial charge in [0.1, 0.15) is 11.5 Å². The van der Waals surface area contributed by atoms with Crippen LogP contribution in [0.25, 0.3) is 0 Å². The van der Waals surface area contributed by atoms with E-state index in [0.717, 1.165) is 38.5 Å². The number of Topliss-reactive ketones (excluding diaryl/α,β-unsaturated/α-hetero) is 3. The van der Waals surface area contributed by atoms with Crippen LogP contribution in [0.15, 0.2) is 36.4 Å². The van der Waals surface area contributed by atoms with E-state index in [1.165, 1.54) is 12.1 Å². The van der Waals surface area contributed by atoms with E-state index in [0.29, 0.717) is 0 Å². The maximum Gasteiger partial charge on any atom is 0.308 e. The van der Waals surface area contributed by atoms with E-state index in [2.05, 4.69) is 4.74 Å². The summed E-state index contributed by atoms with van der Waals surface area (Å²) in [5.74, 6) is -14.6. The molecule has 1 aliphatic heterocycles. The van der Waals surface area contributed by atoms with Crippen LogP contribution < -0.4 is 0 Å². The second-order valence-electron chi connectivity index (χ2n) is 11.6. The molecule has 0 aromatic heterocycles. The van der Waals surface area contributed by atoms with Crippen LogP contribution in [0, 0.1) is 17.3 Å². The number of rotatable bonds is 5. The Bertz CT molecular complexity index is 1670. The molecule has 6 N–H and O–H groups in total. The van der Waals surface area contributed by atoms with Crippen molar-refractivity contribution in [3.05, 3.63) is 58.7 Å². The zero-order valence-electron chi connectivity index (χ0n) is 23.3. The summed E-state index contributed by atoms with van der Waals surface area (Å²) in [6, 6.07) is 6.80. The highest BCUT2D eigenvalue weighted by molar-refractivity contribution is 6.25. The number of carbonyl (C=O) groups excluding carboxylic acids is 5. The van der Waals surface area contributed by atoms with E-state index in [9.17, 15) is 54.6 Å². The van der Waals surface area contributed by atoms with E-state index in [4.69, 9.17) is 9.47 Å². The lowest BCUT2D eigenvalue weighted by Gasteiger charge is -2.54. The molecule has 2 fully saturated rings. The van der Waals surface area contributed by atoms with Crippen molar-refractivity contribution in [3.63, 3.8) is 0 Å². The number of aromatic hydroxyl groups is 2. The van der Waals surface area contributed by atoms with Gasteiger partial charge in [0.15, 0.2) is 22.8 Å². The molecule has 1 saturated carbocycles. The Morgan fingerprint density at radius 1 is 0.932 bits per heavy atom. The average Bonchev–Trinajstić information content (AvgIpc) is 3.39. The van der Waals surface area contributed by atoms with Crippen LogP contribution in [0.5, 0.6) is 11.5 Å². The maximum atomic E-state index is 14.5. The molecule has 232 valence electrons. The highest BCUT2D eigenvalue weighted by Crippen LogP contribution is 2.76. The van der Waals surface area contributed by atoms with E-state index in [1.54, 1.807) is 0 Å². The molecule has 0 amide bonds. The SMILES string of the molecule is COC(=O)CC1CC23C(C(=O)c4c(O)cccc4C2(O)O1)C(C(O)CC(=O)OC)C1(O)C(=O)c2cccc(O)c2C(=O)C13O. The largest absolute Gasteiger partial charge is 0.507 e. The van der Waals surface area contributed by atoms with Crippen molar-refractivity contribution in [1.29, 1.82) is 0 Å². The normalized spacial score (nSPS) is 35.6. The van der Waals surface area contributed by atoms with Crippen molar-refractivity contribution >= 4 is 29.3 Å². The average molecular weight is 613 g/mol. The molecule has 2 aromatic carbocycles. The number of hydrogen-bond acceptors (Lipinski definition) is 14. The van der Waals surface area contributed by atoms with Gasteiger partial charge in [0.2, 0.25) is 11.6 Å². The molecule has 1 saturated heterocycles. The molecule has 2 aromatic rings. The van der Waals surface area contributed by atoms with Crippen LogP contribution in [-0.2, 0) is 29.6 Å². The molecule has 8 atom stereocenters. The number of phenolic OH excluding ortho intramolecular Hbond substituents is 2. The summed E-state index contributed by atoms with van der Waals surface area (Å²) >= 11 is 0. The first-order valence-corrected chi connectivity index (χ1v) is 13.6. The van der Waals surface area contributed by atoms with Crippen LogP contribution in [0.3, 0.4) is 0 Å². The van der Waals surface area contributed by atoms with Gasteiger partial charge in [0.25, 0.3) is 0 Å². The molecular formula is C30H28O14. The highest BCUT2D eigenvalue weighted by Gasteiger charge is 2.92. The number of aliphatic hydroxyl groups is 4. The minimum absolute atomic E-state index is 0.451. The molecule has 3 aliphatic carbocycles. The van der Waals surface area contributed by atoms with Gasteiger partial charge in [-0.3, -0.25) is 24.0 Å². The third-order valence-corrected chi connectivity index (χ3v) is 9.83. The minimum Gasteiger partial charge on any atom is -0.507 e. The summed E-state index contributed by atoms with van der Waals surface area (Å²) in [6.45, 7) is 0. The Morgan fingerprint density at radius 2 is 1.55 bits per heavy atom. The maximum absolute atomic E-state index is 14.5. The predicted octanol–water partition coefficient (Wildman–Crippen LogP) is -0.511. The first-order chi connectivity index (χ1) is 20.7. The van der Waals surface area contributed by atoms with Gasteiger partial charge < -0.3 is 44.8 Å². The van der Waals surface area contributed by atoms with E-state index in [1.807, 2.05) is 0 Å². The fourth-order valence-corrected chi connectivity index (χ4v) is 8.21. The first-order valence-electron chi connectivity index (χ1n) is 13.6. The van der Waals surface area contributed by atoms with Crippen LogP contribution in [0.1, 0.15) is 55.9 Å².